The van der Waals surface area contributed by atoms with Gasteiger partial charge in [-0.2, -0.15) is 8.78 Å². The average molecular weight is 166 g/mol. The molecule has 0 aromatic rings. The van der Waals surface area contributed by atoms with Gasteiger partial charge in [0.05, 0.1) is 5.41 Å². The second-order valence-corrected chi connectivity index (χ2v) is 3.45. The molecule has 0 unspecified atom stereocenters. The van der Waals surface area contributed by atoms with Gasteiger partial charge in [0.15, 0.2) is 0 Å². The second kappa shape index (κ2) is 2.75. The molecule has 4 heteroatoms. The number of carbonyl (C=O) groups is 1. The molecule has 0 spiro atoms. The molecule has 2 nitrogen and oxygen atoms in total. The molecule has 0 amide bonds. The summed E-state index contributed by atoms with van der Waals surface area (Å²) in [7, 11) is 0. The lowest BCUT2D eigenvalue weighted by atomic mass is 9.97. The first-order chi connectivity index (χ1) is 4.63. The van der Waals surface area contributed by atoms with Crippen molar-refractivity contribution in [3.8, 4) is 0 Å². The number of alkyl halides is 2. The predicted octanol–water partition coefficient (Wildman–Crippen LogP) is 2.19. The molecule has 66 valence electrons. The van der Waals surface area contributed by atoms with Crippen LogP contribution in [0.4, 0.5) is 8.78 Å². The van der Waals surface area contributed by atoms with Crippen LogP contribution in [0.5, 0.6) is 0 Å². The van der Waals surface area contributed by atoms with Crippen LogP contribution >= 0.6 is 0 Å². The summed E-state index contributed by atoms with van der Waals surface area (Å²) in [5, 5.41) is 0. The Morgan fingerprint density at radius 2 is 1.55 bits per heavy atom. The molecule has 0 saturated carbocycles. The average Bonchev–Trinajstić information content (AvgIpc) is 1.56. The Hall–Kier alpha value is -0.670. The number of halogens is 2. The van der Waals surface area contributed by atoms with Crippen molar-refractivity contribution in [1.29, 1.82) is 0 Å². The topological polar surface area (TPSA) is 26.3 Å². The molecular weight excluding hydrogens is 154 g/mol. The summed E-state index contributed by atoms with van der Waals surface area (Å²) in [4.78, 5) is 10.8. The van der Waals surface area contributed by atoms with E-state index in [0.29, 0.717) is 6.92 Å². The lowest BCUT2D eigenvalue weighted by molar-refractivity contribution is -0.229. The van der Waals surface area contributed by atoms with Gasteiger partial charge in [0.25, 0.3) is 0 Å². The van der Waals surface area contributed by atoms with Crippen LogP contribution in [0.2, 0.25) is 0 Å². The number of esters is 1. The summed E-state index contributed by atoms with van der Waals surface area (Å²) in [6, 6.07) is 0. The van der Waals surface area contributed by atoms with E-state index in [2.05, 4.69) is 4.74 Å². The Labute approximate surface area is 64.5 Å². The van der Waals surface area contributed by atoms with Crippen molar-refractivity contribution in [3.63, 3.8) is 0 Å². The number of ether oxygens (including phenoxy) is 1. The number of hydrogen-bond donors (Lipinski definition) is 0. The summed E-state index contributed by atoms with van der Waals surface area (Å²) >= 11 is 0. The predicted molar refractivity (Wildman–Crippen MR) is 36.2 cm³/mol. The van der Waals surface area contributed by atoms with E-state index in [1.807, 2.05) is 0 Å². The second-order valence-electron chi connectivity index (χ2n) is 3.45. The van der Waals surface area contributed by atoms with Crippen LogP contribution in [0, 0.1) is 5.41 Å². The lowest BCUT2D eigenvalue weighted by Gasteiger charge is -2.19. The highest BCUT2D eigenvalue weighted by Crippen LogP contribution is 2.22. The summed E-state index contributed by atoms with van der Waals surface area (Å²) in [5.41, 5.74) is -0.876. The molecule has 0 fully saturated rings. The first kappa shape index (κ1) is 10.3. The molecule has 0 aliphatic heterocycles. The number of carbonyl (C=O) groups excluding carboxylic acids is 1. The molecule has 0 saturated heterocycles. The van der Waals surface area contributed by atoms with Crippen molar-refractivity contribution < 1.29 is 18.3 Å². The van der Waals surface area contributed by atoms with Gasteiger partial charge in [-0.15, -0.1) is 0 Å². The summed E-state index contributed by atoms with van der Waals surface area (Å²) in [6.45, 7) is 5.08. The Balaban J connectivity index is 4.11. The molecule has 0 rings (SSSR count). The van der Waals surface area contributed by atoms with E-state index in [9.17, 15) is 13.6 Å². The fourth-order valence-corrected chi connectivity index (χ4v) is 0.316. The molecule has 0 aromatic carbocycles. The molecule has 0 atom stereocenters. The first-order valence-electron chi connectivity index (χ1n) is 3.24. The highest BCUT2D eigenvalue weighted by molar-refractivity contribution is 5.75. The molecule has 0 heterocycles. The third-order valence-corrected chi connectivity index (χ3v) is 0.884. The largest absolute Gasteiger partial charge is 0.401 e. The van der Waals surface area contributed by atoms with Gasteiger partial charge in [-0.25, -0.2) is 0 Å². The minimum atomic E-state index is -3.37. The van der Waals surface area contributed by atoms with Gasteiger partial charge < -0.3 is 4.74 Å². The van der Waals surface area contributed by atoms with Crippen molar-refractivity contribution in [3.05, 3.63) is 0 Å². The van der Waals surface area contributed by atoms with Crippen molar-refractivity contribution in [1.82, 2.24) is 0 Å². The molecule has 11 heavy (non-hydrogen) atoms. The SMILES string of the molecule is CC(F)(F)OC(=O)C(C)(C)C. The minimum absolute atomic E-state index is 0.538. The van der Waals surface area contributed by atoms with Gasteiger partial charge in [0, 0.05) is 6.92 Å². The van der Waals surface area contributed by atoms with E-state index < -0.39 is 17.5 Å². The van der Waals surface area contributed by atoms with Crippen LogP contribution in [0.1, 0.15) is 27.7 Å². The van der Waals surface area contributed by atoms with Gasteiger partial charge in [-0.1, -0.05) is 0 Å². The molecule has 0 aliphatic rings. The third kappa shape index (κ3) is 4.70. The van der Waals surface area contributed by atoms with E-state index in [-0.39, 0.29) is 0 Å². The van der Waals surface area contributed by atoms with Crippen LogP contribution in [0.15, 0.2) is 0 Å². The van der Waals surface area contributed by atoms with Crippen LogP contribution in [-0.2, 0) is 9.53 Å². The van der Waals surface area contributed by atoms with Crippen molar-refractivity contribution in [2.45, 2.75) is 33.8 Å². The summed E-state index contributed by atoms with van der Waals surface area (Å²) in [6.07, 6.45) is -3.37. The Kier molecular flexibility index (Phi) is 2.59. The normalized spacial score (nSPS) is 12.9. The number of hydrogen-bond acceptors (Lipinski definition) is 2. The molecule has 0 N–H and O–H groups in total. The lowest BCUT2D eigenvalue weighted by Crippen LogP contribution is -2.30. The minimum Gasteiger partial charge on any atom is -0.401 e. The van der Waals surface area contributed by atoms with Crippen molar-refractivity contribution in [2.75, 3.05) is 0 Å². The zero-order valence-electron chi connectivity index (χ0n) is 7.07. The molecular formula is C7H12F2O2. The maximum absolute atomic E-state index is 12.1. The summed E-state index contributed by atoms with van der Waals surface area (Å²) < 4.78 is 27.9. The van der Waals surface area contributed by atoms with Crippen molar-refractivity contribution >= 4 is 5.97 Å². The maximum Gasteiger partial charge on any atom is 0.396 e. The van der Waals surface area contributed by atoms with E-state index in [4.69, 9.17) is 0 Å². The smallest absolute Gasteiger partial charge is 0.396 e. The monoisotopic (exact) mass is 166 g/mol. The molecule has 0 radical (unpaired) electrons. The van der Waals surface area contributed by atoms with Crippen LogP contribution in [0.25, 0.3) is 0 Å². The molecule has 0 bridgehead atoms. The van der Waals surface area contributed by atoms with Crippen LogP contribution in [-0.4, -0.2) is 12.1 Å². The van der Waals surface area contributed by atoms with Crippen molar-refractivity contribution in [2.24, 2.45) is 5.41 Å². The van der Waals surface area contributed by atoms with Gasteiger partial charge >= 0.3 is 12.1 Å². The Morgan fingerprint density at radius 1 is 1.18 bits per heavy atom. The highest BCUT2D eigenvalue weighted by atomic mass is 19.3. The molecule has 0 aliphatic carbocycles. The van der Waals surface area contributed by atoms with Gasteiger partial charge in [0.1, 0.15) is 0 Å². The third-order valence-electron chi connectivity index (χ3n) is 0.884. The van der Waals surface area contributed by atoms with Gasteiger partial charge in [0.2, 0.25) is 0 Å². The fourth-order valence-electron chi connectivity index (χ4n) is 0.316. The number of rotatable bonds is 1. The first-order valence-corrected chi connectivity index (χ1v) is 3.24. The van der Waals surface area contributed by atoms with E-state index in [1.54, 1.807) is 0 Å². The fraction of sp³-hybridized carbons (Fsp3) is 0.857. The zero-order valence-corrected chi connectivity index (χ0v) is 7.07. The quantitative estimate of drug-likeness (QED) is 0.558. The van der Waals surface area contributed by atoms with Crippen LogP contribution in [0.3, 0.4) is 0 Å². The summed E-state index contributed by atoms with van der Waals surface area (Å²) in [5.74, 6) is -0.898. The molecule has 0 aromatic heterocycles. The zero-order chi connectivity index (χ0) is 9.28. The highest BCUT2D eigenvalue weighted by Gasteiger charge is 2.33. The van der Waals surface area contributed by atoms with E-state index >= 15 is 0 Å². The Morgan fingerprint density at radius 3 is 1.64 bits per heavy atom. The Bertz CT molecular complexity index is 153. The van der Waals surface area contributed by atoms with E-state index in [0.717, 1.165) is 0 Å². The van der Waals surface area contributed by atoms with Crippen LogP contribution < -0.4 is 0 Å². The van der Waals surface area contributed by atoms with Gasteiger partial charge in [-0.3, -0.25) is 4.79 Å². The standard InChI is InChI=1S/C7H12F2O2/c1-6(2,3)5(10)11-7(4,8)9/h1-4H3. The maximum atomic E-state index is 12.1. The van der Waals surface area contributed by atoms with E-state index in [1.165, 1.54) is 20.8 Å². The van der Waals surface area contributed by atoms with Gasteiger partial charge in [-0.05, 0) is 20.8 Å².